The fourth-order valence-corrected chi connectivity index (χ4v) is 2.31. The number of hydrogen-bond acceptors (Lipinski definition) is 5. The standard InChI is InChI=1S/C12H16N6/c1-17-6-5-11(8-17)14-10-3-2-4-12(7-10)18-9-13-15-16-18/h2-4,7,9,11,14H,5-6,8H2,1H3. The van der Waals surface area contributed by atoms with Gasteiger partial charge in [0.25, 0.3) is 0 Å². The third-order valence-electron chi connectivity index (χ3n) is 3.22. The highest BCUT2D eigenvalue weighted by Gasteiger charge is 2.18. The van der Waals surface area contributed by atoms with Crippen LogP contribution in [0.15, 0.2) is 30.6 Å². The molecule has 1 unspecified atom stereocenters. The third kappa shape index (κ3) is 2.33. The van der Waals surface area contributed by atoms with Crippen molar-refractivity contribution in [2.75, 3.05) is 25.5 Å². The summed E-state index contributed by atoms with van der Waals surface area (Å²) in [5.41, 5.74) is 2.08. The molecule has 3 rings (SSSR count). The molecule has 1 fully saturated rings. The number of nitrogens with zero attached hydrogens (tertiary/aromatic N) is 5. The molecule has 1 aromatic carbocycles. The van der Waals surface area contributed by atoms with Gasteiger partial charge in [0.2, 0.25) is 0 Å². The summed E-state index contributed by atoms with van der Waals surface area (Å²) in [5.74, 6) is 0. The van der Waals surface area contributed by atoms with Crippen LogP contribution in [-0.4, -0.2) is 51.3 Å². The number of likely N-dealkylation sites (N-methyl/N-ethyl adjacent to an activating group) is 1. The van der Waals surface area contributed by atoms with Crippen LogP contribution >= 0.6 is 0 Å². The molecule has 0 bridgehead atoms. The van der Waals surface area contributed by atoms with Crippen molar-refractivity contribution < 1.29 is 0 Å². The zero-order chi connectivity index (χ0) is 12.4. The Morgan fingerprint density at radius 2 is 2.33 bits per heavy atom. The first-order valence-electron chi connectivity index (χ1n) is 6.10. The second-order valence-corrected chi connectivity index (χ2v) is 4.70. The first kappa shape index (κ1) is 11.2. The summed E-state index contributed by atoms with van der Waals surface area (Å²) in [6.45, 7) is 2.25. The molecule has 94 valence electrons. The molecule has 1 aliphatic rings. The highest BCUT2D eigenvalue weighted by Crippen LogP contribution is 2.17. The largest absolute Gasteiger partial charge is 0.381 e. The van der Waals surface area contributed by atoms with Gasteiger partial charge >= 0.3 is 0 Å². The summed E-state index contributed by atoms with van der Waals surface area (Å²) in [4.78, 5) is 2.34. The number of benzene rings is 1. The first-order chi connectivity index (χ1) is 8.81. The number of anilines is 1. The Balaban J connectivity index is 1.75. The Labute approximate surface area is 106 Å². The van der Waals surface area contributed by atoms with Gasteiger partial charge in [-0.1, -0.05) is 6.07 Å². The molecule has 0 amide bonds. The van der Waals surface area contributed by atoms with Crippen LogP contribution in [0.4, 0.5) is 5.69 Å². The molecular formula is C12H16N6. The molecule has 0 radical (unpaired) electrons. The Morgan fingerprint density at radius 1 is 1.39 bits per heavy atom. The van der Waals surface area contributed by atoms with E-state index >= 15 is 0 Å². The topological polar surface area (TPSA) is 58.9 Å². The zero-order valence-corrected chi connectivity index (χ0v) is 10.3. The lowest BCUT2D eigenvalue weighted by Crippen LogP contribution is -2.23. The minimum Gasteiger partial charge on any atom is -0.381 e. The van der Waals surface area contributed by atoms with Gasteiger partial charge in [0.15, 0.2) is 0 Å². The molecular weight excluding hydrogens is 228 g/mol. The van der Waals surface area contributed by atoms with Gasteiger partial charge in [-0.2, -0.15) is 0 Å². The van der Waals surface area contributed by atoms with E-state index in [1.54, 1.807) is 11.0 Å². The van der Waals surface area contributed by atoms with E-state index in [0.717, 1.165) is 24.5 Å². The number of tetrazole rings is 1. The maximum Gasteiger partial charge on any atom is 0.143 e. The summed E-state index contributed by atoms with van der Waals surface area (Å²) in [7, 11) is 2.15. The van der Waals surface area contributed by atoms with Crippen molar-refractivity contribution in [2.24, 2.45) is 0 Å². The van der Waals surface area contributed by atoms with Crippen LogP contribution in [-0.2, 0) is 0 Å². The van der Waals surface area contributed by atoms with Crippen molar-refractivity contribution in [3.8, 4) is 5.69 Å². The molecule has 2 aromatic rings. The predicted octanol–water partition coefficient (Wildman–Crippen LogP) is 0.778. The number of hydrogen-bond donors (Lipinski definition) is 1. The molecule has 1 aromatic heterocycles. The van der Waals surface area contributed by atoms with Crippen LogP contribution in [0, 0.1) is 0 Å². The van der Waals surface area contributed by atoms with E-state index in [2.05, 4.69) is 44.9 Å². The van der Waals surface area contributed by atoms with Gasteiger partial charge < -0.3 is 10.2 Å². The van der Waals surface area contributed by atoms with Crippen LogP contribution in [0.25, 0.3) is 5.69 Å². The summed E-state index contributed by atoms with van der Waals surface area (Å²) in [6, 6.07) is 8.67. The number of rotatable bonds is 3. The Kier molecular flexibility index (Phi) is 2.93. The maximum absolute atomic E-state index is 3.89. The van der Waals surface area contributed by atoms with Crippen molar-refractivity contribution in [1.29, 1.82) is 0 Å². The number of nitrogens with one attached hydrogen (secondary N) is 1. The molecule has 1 N–H and O–H groups in total. The van der Waals surface area contributed by atoms with E-state index in [-0.39, 0.29) is 0 Å². The molecule has 0 aliphatic carbocycles. The van der Waals surface area contributed by atoms with E-state index in [0.29, 0.717) is 6.04 Å². The predicted molar refractivity (Wildman–Crippen MR) is 68.7 cm³/mol. The lowest BCUT2D eigenvalue weighted by Gasteiger charge is -2.14. The minimum atomic E-state index is 0.527. The lowest BCUT2D eigenvalue weighted by atomic mass is 10.2. The third-order valence-corrected chi connectivity index (χ3v) is 3.22. The second kappa shape index (κ2) is 4.73. The average Bonchev–Trinajstić information content (AvgIpc) is 3.01. The van der Waals surface area contributed by atoms with Gasteiger partial charge in [-0.15, -0.1) is 5.10 Å². The quantitative estimate of drug-likeness (QED) is 0.864. The van der Waals surface area contributed by atoms with Gasteiger partial charge in [0, 0.05) is 18.3 Å². The molecule has 2 heterocycles. The van der Waals surface area contributed by atoms with Crippen LogP contribution in [0.3, 0.4) is 0 Å². The molecule has 6 heteroatoms. The second-order valence-electron chi connectivity index (χ2n) is 4.70. The van der Waals surface area contributed by atoms with E-state index in [1.165, 1.54) is 6.42 Å². The van der Waals surface area contributed by atoms with E-state index < -0.39 is 0 Å². The molecule has 0 saturated carbocycles. The summed E-state index contributed by atoms with van der Waals surface area (Å²) in [5, 5.41) is 14.7. The maximum atomic E-state index is 3.89. The summed E-state index contributed by atoms with van der Waals surface area (Å²) >= 11 is 0. The average molecular weight is 244 g/mol. The Morgan fingerprint density at radius 3 is 3.06 bits per heavy atom. The fourth-order valence-electron chi connectivity index (χ4n) is 2.31. The van der Waals surface area contributed by atoms with Gasteiger partial charge in [-0.25, -0.2) is 4.68 Å². The number of likely N-dealkylation sites (tertiary alicyclic amines) is 1. The molecule has 0 spiro atoms. The summed E-state index contributed by atoms with van der Waals surface area (Å²) < 4.78 is 1.66. The molecule has 1 saturated heterocycles. The van der Waals surface area contributed by atoms with Crippen molar-refractivity contribution >= 4 is 5.69 Å². The summed E-state index contributed by atoms with van der Waals surface area (Å²) in [6.07, 6.45) is 2.79. The normalized spacial score (nSPS) is 20.2. The SMILES string of the molecule is CN1CCC(Nc2cccc(-n3cnnn3)c2)C1. The smallest absolute Gasteiger partial charge is 0.143 e. The highest BCUT2D eigenvalue weighted by molar-refractivity contribution is 5.51. The van der Waals surface area contributed by atoms with Crippen LogP contribution in [0.1, 0.15) is 6.42 Å². The van der Waals surface area contributed by atoms with E-state index in [9.17, 15) is 0 Å². The van der Waals surface area contributed by atoms with E-state index in [4.69, 9.17) is 0 Å². The van der Waals surface area contributed by atoms with Gasteiger partial charge in [0.1, 0.15) is 6.33 Å². The monoisotopic (exact) mass is 244 g/mol. The Hall–Kier alpha value is -1.95. The zero-order valence-electron chi connectivity index (χ0n) is 10.3. The van der Waals surface area contributed by atoms with Crippen molar-refractivity contribution in [2.45, 2.75) is 12.5 Å². The van der Waals surface area contributed by atoms with Crippen molar-refractivity contribution in [1.82, 2.24) is 25.1 Å². The van der Waals surface area contributed by atoms with Crippen LogP contribution < -0.4 is 5.32 Å². The highest BCUT2D eigenvalue weighted by atomic mass is 15.5. The van der Waals surface area contributed by atoms with Gasteiger partial charge in [-0.05, 0) is 48.6 Å². The molecule has 1 atom stereocenters. The Bertz CT molecular complexity index is 509. The number of aromatic nitrogens is 4. The fraction of sp³-hybridized carbons (Fsp3) is 0.417. The molecule has 18 heavy (non-hydrogen) atoms. The first-order valence-corrected chi connectivity index (χ1v) is 6.10. The van der Waals surface area contributed by atoms with E-state index in [1.807, 2.05) is 12.1 Å². The van der Waals surface area contributed by atoms with Gasteiger partial charge in [-0.3, -0.25) is 0 Å². The van der Waals surface area contributed by atoms with Crippen LogP contribution in [0.5, 0.6) is 0 Å². The lowest BCUT2D eigenvalue weighted by molar-refractivity contribution is 0.414. The van der Waals surface area contributed by atoms with Crippen molar-refractivity contribution in [3.05, 3.63) is 30.6 Å². The molecule has 1 aliphatic heterocycles. The van der Waals surface area contributed by atoms with Crippen molar-refractivity contribution in [3.63, 3.8) is 0 Å². The van der Waals surface area contributed by atoms with Crippen LogP contribution in [0.2, 0.25) is 0 Å². The minimum absolute atomic E-state index is 0.527. The van der Waals surface area contributed by atoms with Gasteiger partial charge in [0.05, 0.1) is 5.69 Å². The molecule has 6 nitrogen and oxygen atoms in total.